The highest BCUT2D eigenvalue weighted by Gasteiger charge is 2.07. The Balaban J connectivity index is 2.91. The van der Waals surface area contributed by atoms with E-state index >= 15 is 0 Å². The van der Waals surface area contributed by atoms with Crippen molar-refractivity contribution >= 4 is 0 Å². The standard InChI is InChI=1S/C15H25N/c1-5-7-9-14-11-12(3)16-13(4)15(14)10-8-6-2/h11H,5-10H2,1-4H3. The molecule has 1 heteroatoms. The highest BCUT2D eigenvalue weighted by molar-refractivity contribution is 5.32. The van der Waals surface area contributed by atoms with Gasteiger partial charge >= 0.3 is 0 Å². The Kier molecular flexibility index (Phi) is 5.51. The third-order valence-corrected chi connectivity index (χ3v) is 3.13. The van der Waals surface area contributed by atoms with Crippen LogP contribution in [0.15, 0.2) is 6.07 Å². The van der Waals surface area contributed by atoms with Gasteiger partial charge < -0.3 is 0 Å². The molecule has 0 saturated carbocycles. The fraction of sp³-hybridized carbons (Fsp3) is 0.667. The van der Waals surface area contributed by atoms with Gasteiger partial charge in [0.25, 0.3) is 0 Å². The van der Waals surface area contributed by atoms with Crippen LogP contribution in [0.4, 0.5) is 0 Å². The molecule has 0 aliphatic rings. The Bertz CT molecular complexity index is 328. The average Bonchev–Trinajstić information content (AvgIpc) is 2.24. The molecular weight excluding hydrogens is 194 g/mol. The number of nitrogens with zero attached hydrogens (tertiary/aromatic N) is 1. The van der Waals surface area contributed by atoms with Crippen LogP contribution in [0.5, 0.6) is 0 Å². The maximum Gasteiger partial charge on any atom is 0.0410 e. The summed E-state index contributed by atoms with van der Waals surface area (Å²) in [7, 11) is 0. The summed E-state index contributed by atoms with van der Waals surface area (Å²) in [4.78, 5) is 4.60. The predicted octanol–water partition coefficient (Wildman–Crippen LogP) is 4.38. The minimum Gasteiger partial charge on any atom is -0.258 e. The summed E-state index contributed by atoms with van der Waals surface area (Å²) in [6, 6.07) is 2.29. The van der Waals surface area contributed by atoms with Gasteiger partial charge in [-0.05, 0) is 56.7 Å². The van der Waals surface area contributed by atoms with Gasteiger partial charge in [-0.15, -0.1) is 0 Å². The number of aryl methyl sites for hydroxylation is 3. The van der Waals surface area contributed by atoms with Gasteiger partial charge in [0.2, 0.25) is 0 Å². The van der Waals surface area contributed by atoms with Gasteiger partial charge in [0, 0.05) is 11.4 Å². The number of hydrogen-bond donors (Lipinski definition) is 0. The molecule has 0 N–H and O–H groups in total. The molecule has 1 heterocycles. The number of pyridine rings is 1. The first kappa shape index (κ1) is 13.2. The fourth-order valence-electron chi connectivity index (χ4n) is 2.22. The van der Waals surface area contributed by atoms with Crippen LogP contribution in [0.25, 0.3) is 0 Å². The number of hydrogen-bond acceptors (Lipinski definition) is 1. The Morgan fingerprint density at radius 3 is 2.25 bits per heavy atom. The van der Waals surface area contributed by atoms with Crippen molar-refractivity contribution in [1.29, 1.82) is 0 Å². The molecule has 1 rings (SSSR count). The van der Waals surface area contributed by atoms with Crippen LogP contribution in [-0.4, -0.2) is 4.98 Å². The van der Waals surface area contributed by atoms with Crippen LogP contribution in [0.3, 0.4) is 0 Å². The van der Waals surface area contributed by atoms with Gasteiger partial charge in [-0.25, -0.2) is 0 Å². The molecule has 16 heavy (non-hydrogen) atoms. The van der Waals surface area contributed by atoms with Crippen LogP contribution in [-0.2, 0) is 12.8 Å². The normalized spacial score (nSPS) is 10.8. The number of rotatable bonds is 6. The van der Waals surface area contributed by atoms with Crippen molar-refractivity contribution in [2.24, 2.45) is 0 Å². The molecule has 0 radical (unpaired) electrons. The minimum absolute atomic E-state index is 1.17. The maximum atomic E-state index is 4.60. The van der Waals surface area contributed by atoms with Gasteiger partial charge in [0.15, 0.2) is 0 Å². The summed E-state index contributed by atoms with van der Waals surface area (Å²) in [5.41, 5.74) is 5.48. The zero-order valence-electron chi connectivity index (χ0n) is 11.3. The summed E-state index contributed by atoms with van der Waals surface area (Å²) < 4.78 is 0. The van der Waals surface area contributed by atoms with Crippen molar-refractivity contribution in [2.45, 2.75) is 66.2 Å². The van der Waals surface area contributed by atoms with E-state index in [1.807, 2.05) is 0 Å². The Morgan fingerprint density at radius 1 is 1.00 bits per heavy atom. The number of aromatic nitrogens is 1. The SMILES string of the molecule is CCCCc1cc(C)nc(C)c1CCCC. The van der Waals surface area contributed by atoms with E-state index in [4.69, 9.17) is 0 Å². The molecule has 0 spiro atoms. The van der Waals surface area contributed by atoms with E-state index in [0.717, 1.165) is 0 Å². The second kappa shape index (κ2) is 6.67. The van der Waals surface area contributed by atoms with Crippen molar-refractivity contribution < 1.29 is 0 Å². The topological polar surface area (TPSA) is 12.9 Å². The summed E-state index contributed by atoms with van der Waals surface area (Å²) in [5.74, 6) is 0. The van der Waals surface area contributed by atoms with Gasteiger partial charge in [-0.2, -0.15) is 0 Å². The van der Waals surface area contributed by atoms with E-state index in [0.29, 0.717) is 0 Å². The second-order valence-corrected chi connectivity index (χ2v) is 4.69. The molecule has 0 aromatic carbocycles. The van der Waals surface area contributed by atoms with Crippen LogP contribution in [0, 0.1) is 13.8 Å². The van der Waals surface area contributed by atoms with Crippen LogP contribution in [0.1, 0.15) is 62.0 Å². The fourth-order valence-corrected chi connectivity index (χ4v) is 2.22. The van der Waals surface area contributed by atoms with E-state index < -0.39 is 0 Å². The zero-order chi connectivity index (χ0) is 12.0. The van der Waals surface area contributed by atoms with Crippen LogP contribution in [0.2, 0.25) is 0 Å². The Morgan fingerprint density at radius 2 is 1.62 bits per heavy atom. The third-order valence-electron chi connectivity index (χ3n) is 3.13. The predicted molar refractivity (Wildman–Crippen MR) is 70.9 cm³/mol. The zero-order valence-corrected chi connectivity index (χ0v) is 11.3. The first-order valence-electron chi connectivity index (χ1n) is 6.65. The Hall–Kier alpha value is -0.850. The summed E-state index contributed by atoms with van der Waals surface area (Å²) in [5, 5.41) is 0. The summed E-state index contributed by atoms with van der Waals surface area (Å²) >= 11 is 0. The molecule has 0 fully saturated rings. The lowest BCUT2D eigenvalue weighted by molar-refractivity contribution is 0.747. The quantitative estimate of drug-likeness (QED) is 0.691. The van der Waals surface area contributed by atoms with Crippen molar-refractivity contribution in [2.75, 3.05) is 0 Å². The molecule has 90 valence electrons. The first-order chi connectivity index (χ1) is 7.69. The van der Waals surface area contributed by atoms with E-state index in [1.54, 1.807) is 5.56 Å². The molecular formula is C15H25N. The molecule has 0 atom stereocenters. The molecule has 1 aromatic heterocycles. The highest BCUT2D eigenvalue weighted by atomic mass is 14.7. The monoisotopic (exact) mass is 219 g/mol. The molecule has 0 aliphatic heterocycles. The Labute approximate surface area is 100 Å². The summed E-state index contributed by atoms with van der Waals surface area (Å²) in [6.07, 6.45) is 7.54. The van der Waals surface area contributed by atoms with Crippen LogP contribution < -0.4 is 0 Å². The van der Waals surface area contributed by atoms with Crippen molar-refractivity contribution in [1.82, 2.24) is 4.98 Å². The molecule has 0 unspecified atom stereocenters. The summed E-state index contributed by atoms with van der Waals surface area (Å²) in [6.45, 7) is 8.77. The third kappa shape index (κ3) is 3.62. The van der Waals surface area contributed by atoms with E-state index in [9.17, 15) is 0 Å². The van der Waals surface area contributed by atoms with E-state index in [2.05, 4.69) is 38.7 Å². The van der Waals surface area contributed by atoms with Gasteiger partial charge in [-0.1, -0.05) is 26.7 Å². The molecule has 1 nitrogen and oxygen atoms in total. The smallest absolute Gasteiger partial charge is 0.0410 e. The second-order valence-electron chi connectivity index (χ2n) is 4.69. The lowest BCUT2D eigenvalue weighted by Gasteiger charge is -2.13. The van der Waals surface area contributed by atoms with E-state index in [1.165, 1.54) is 55.5 Å². The van der Waals surface area contributed by atoms with Crippen LogP contribution >= 0.6 is 0 Å². The largest absolute Gasteiger partial charge is 0.258 e. The lowest BCUT2D eigenvalue weighted by atomic mass is 9.96. The highest BCUT2D eigenvalue weighted by Crippen LogP contribution is 2.19. The maximum absolute atomic E-state index is 4.60. The molecule has 0 saturated heterocycles. The first-order valence-corrected chi connectivity index (χ1v) is 6.65. The van der Waals surface area contributed by atoms with Crippen molar-refractivity contribution in [3.05, 3.63) is 28.6 Å². The van der Waals surface area contributed by atoms with Crippen molar-refractivity contribution in [3.63, 3.8) is 0 Å². The van der Waals surface area contributed by atoms with Gasteiger partial charge in [0.05, 0.1) is 0 Å². The van der Waals surface area contributed by atoms with Crippen molar-refractivity contribution in [3.8, 4) is 0 Å². The lowest BCUT2D eigenvalue weighted by Crippen LogP contribution is -2.02. The molecule has 0 bridgehead atoms. The van der Waals surface area contributed by atoms with E-state index in [-0.39, 0.29) is 0 Å². The van der Waals surface area contributed by atoms with Gasteiger partial charge in [0.1, 0.15) is 0 Å². The minimum atomic E-state index is 1.17. The molecule has 1 aromatic rings. The van der Waals surface area contributed by atoms with Gasteiger partial charge in [-0.3, -0.25) is 4.98 Å². The molecule has 0 aliphatic carbocycles. The average molecular weight is 219 g/mol. The molecule has 0 amide bonds. The number of unbranched alkanes of at least 4 members (excludes halogenated alkanes) is 2.